The van der Waals surface area contributed by atoms with Gasteiger partial charge in [-0.2, -0.15) is 5.26 Å². The summed E-state index contributed by atoms with van der Waals surface area (Å²) in [6.45, 7) is 0. The molecule has 0 heterocycles. The van der Waals surface area contributed by atoms with Crippen molar-refractivity contribution in [3.63, 3.8) is 0 Å². The average Bonchev–Trinajstić information content (AvgIpc) is 2.60. The van der Waals surface area contributed by atoms with Crippen LogP contribution in [0.3, 0.4) is 0 Å². The number of rotatable bonds is 5. The number of nitrogens with one attached hydrogen (secondary N) is 1. The van der Waals surface area contributed by atoms with Crippen molar-refractivity contribution in [2.45, 2.75) is 0 Å². The zero-order valence-corrected chi connectivity index (χ0v) is 12.7. The van der Waals surface area contributed by atoms with E-state index < -0.39 is 16.8 Å². The molecule has 0 aliphatic heterocycles. The summed E-state index contributed by atoms with van der Waals surface area (Å²) in [5.41, 5.74) is 0.335. The minimum absolute atomic E-state index is 0.00402. The van der Waals surface area contributed by atoms with Crippen molar-refractivity contribution in [2.75, 3.05) is 5.32 Å². The molecule has 8 nitrogen and oxygen atoms in total. The van der Waals surface area contributed by atoms with Gasteiger partial charge in [0.15, 0.2) is 0 Å². The number of aromatic carboxylic acids is 1. The lowest BCUT2D eigenvalue weighted by atomic mass is 10.1. The van der Waals surface area contributed by atoms with E-state index in [2.05, 4.69) is 5.32 Å². The maximum absolute atomic E-state index is 12.1. The van der Waals surface area contributed by atoms with Crippen molar-refractivity contribution in [1.29, 1.82) is 5.26 Å². The van der Waals surface area contributed by atoms with E-state index in [1.807, 2.05) is 0 Å². The van der Waals surface area contributed by atoms with Gasteiger partial charge < -0.3 is 10.4 Å². The van der Waals surface area contributed by atoms with Crippen LogP contribution in [0.15, 0.2) is 54.1 Å². The lowest BCUT2D eigenvalue weighted by Crippen LogP contribution is -2.13. The van der Waals surface area contributed by atoms with E-state index in [9.17, 15) is 19.7 Å². The number of hydrogen-bond acceptors (Lipinski definition) is 5. The number of non-ortho nitro benzene ring substituents is 1. The molecule has 2 aromatic rings. The van der Waals surface area contributed by atoms with E-state index in [0.29, 0.717) is 5.56 Å². The maximum Gasteiger partial charge on any atom is 0.335 e. The first-order valence-corrected chi connectivity index (χ1v) is 6.91. The third kappa shape index (κ3) is 4.49. The molecule has 0 saturated heterocycles. The van der Waals surface area contributed by atoms with Crippen molar-refractivity contribution in [1.82, 2.24) is 0 Å². The van der Waals surface area contributed by atoms with Crippen molar-refractivity contribution < 1.29 is 19.6 Å². The van der Waals surface area contributed by atoms with Crippen LogP contribution in [0.25, 0.3) is 6.08 Å². The molecular weight excluding hydrogens is 326 g/mol. The highest BCUT2D eigenvalue weighted by Gasteiger charge is 2.11. The summed E-state index contributed by atoms with van der Waals surface area (Å²) in [6, 6.07) is 12.7. The number of carbonyl (C=O) groups excluding carboxylic acids is 1. The number of carboxylic acid groups (broad SMARTS) is 1. The molecule has 8 heteroatoms. The lowest BCUT2D eigenvalue weighted by Gasteiger charge is -2.05. The quantitative estimate of drug-likeness (QED) is 0.373. The van der Waals surface area contributed by atoms with Crippen molar-refractivity contribution in [3.05, 3.63) is 75.3 Å². The standard InChI is InChI=1S/C17H11N3O5/c18-10-13(8-11-4-6-15(7-5-11)20(24)25)16(21)19-14-3-1-2-12(9-14)17(22)23/h1-9H,(H,19,21)(H,22,23)/b13-8-. The van der Waals surface area contributed by atoms with Crippen LogP contribution in [0.1, 0.15) is 15.9 Å². The second-order valence-corrected chi connectivity index (χ2v) is 4.86. The topological polar surface area (TPSA) is 133 Å². The molecule has 0 unspecified atom stereocenters. The summed E-state index contributed by atoms with van der Waals surface area (Å²) in [5.74, 6) is -1.86. The molecule has 0 saturated carbocycles. The highest BCUT2D eigenvalue weighted by molar-refractivity contribution is 6.10. The first-order valence-electron chi connectivity index (χ1n) is 6.91. The highest BCUT2D eigenvalue weighted by atomic mass is 16.6. The van der Waals surface area contributed by atoms with Crippen LogP contribution < -0.4 is 5.32 Å². The fourth-order valence-electron chi connectivity index (χ4n) is 1.94. The van der Waals surface area contributed by atoms with Gasteiger partial charge in [0.2, 0.25) is 0 Å². The molecule has 124 valence electrons. The predicted molar refractivity (Wildman–Crippen MR) is 88.7 cm³/mol. The number of carbonyl (C=O) groups is 2. The molecule has 0 spiro atoms. The monoisotopic (exact) mass is 337 g/mol. The Hall–Kier alpha value is -3.99. The summed E-state index contributed by atoms with van der Waals surface area (Å²) in [6.07, 6.45) is 1.28. The number of nitro groups is 1. The Balaban J connectivity index is 2.21. The Bertz CT molecular complexity index is 911. The molecule has 2 aromatic carbocycles. The Kier molecular flexibility index (Phi) is 5.22. The number of anilines is 1. The molecule has 2 rings (SSSR count). The summed E-state index contributed by atoms with van der Waals surface area (Å²) in [4.78, 5) is 33.1. The second-order valence-electron chi connectivity index (χ2n) is 4.86. The van der Waals surface area contributed by atoms with E-state index in [1.165, 1.54) is 54.6 Å². The average molecular weight is 337 g/mol. The largest absolute Gasteiger partial charge is 0.478 e. The molecule has 1 amide bonds. The Morgan fingerprint density at radius 2 is 1.88 bits per heavy atom. The van der Waals surface area contributed by atoms with Crippen LogP contribution in [0, 0.1) is 21.4 Å². The van der Waals surface area contributed by atoms with Gasteiger partial charge in [0, 0.05) is 17.8 Å². The molecule has 2 N–H and O–H groups in total. The van der Waals surface area contributed by atoms with Gasteiger partial charge in [0.25, 0.3) is 11.6 Å². The smallest absolute Gasteiger partial charge is 0.335 e. The lowest BCUT2D eigenvalue weighted by molar-refractivity contribution is -0.384. The van der Waals surface area contributed by atoms with Gasteiger partial charge in [-0.3, -0.25) is 14.9 Å². The first kappa shape index (κ1) is 17.4. The first-order chi connectivity index (χ1) is 11.9. The van der Waals surface area contributed by atoms with Gasteiger partial charge in [0.05, 0.1) is 10.5 Å². The second kappa shape index (κ2) is 7.52. The number of nitro benzene ring substituents is 1. The summed E-state index contributed by atoms with van der Waals surface area (Å²) >= 11 is 0. The highest BCUT2D eigenvalue weighted by Crippen LogP contribution is 2.16. The Labute approximate surface area is 141 Å². The number of amides is 1. The summed E-state index contributed by atoms with van der Waals surface area (Å²) in [5, 5.41) is 31.1. The van der Waals surface area contributed by atoms with Crippen LogP contribution >= 0.6 is 0 Å². The van der Waals surface area contributed by atoms with Crippen molar-refractivity contribution >= 4 is 29.3 Å². The van der Waals surface area contributed by atoms with E-state index >= 15 is 0 Å². The minimum atomic E-state index is -1.14. The zero-order chi connectivity index (χ0) is 18.4. The normalized spacial score (nSPS) is 10.6. The number of nitrogens with zero attached hydrogens (tertiary/aromatic N) is 2. The molecule has 0 atom stereocenters. The van der Waals surface area contributed by atoms with Crippen LogP contribution in [-0.2, 0) is 4.79 Å². The SMILES string of the molecule is N#C/C(=C/c1ccc([N+](=O)[O-])cc1)C(=O)Nc1cccc(C(=O)O)c1. The summed E-state index contributed by atoms with van der Waals surface area (Å²) in [7, 11) is 0. The third-order valence-electron chi connectivity index (χ3n) is 3.15. The van der Waals surface area contributed by atoms with Crippen LogP contribution in [0.4, 0.5) is 11.4 Å². The van der Waals surface area contributed by atoms with Gasteiger partial charge in [-0.15, -0.1) is 0 Å². The molecule has 0 fully saturated rings. The number of nitriles is 1. The van der Waals surface area contributed by atoms with Gasteiger partial charge >= 0.3 is 5.97 Å². The van der Waals surface area contributed by atoms with Crippen LogP contribution in [-0.4, -0.2) is 21.9 Å². The Morgan fingerprint density at radius 1 is 1.20 bits per heavy atom. The van der Waals surface area contributed by atoms with E-state index in [4.69, 9.17) is 10.4 Å². The predicted octanol–water partition coefficient (Wildman–Crippen LogP) is 2.84. The zero-order valence-electron chi connectivity index (χ0n) is 12.7. The van der Waals surface area contributed by atoms with E-state index in [1.54, 1.807) is 6.07 Å². The van der Waals surface area contributed by atoms with Gasteiger partial charge in [0.1, 0.15) is 11.6 Å². The molecule has 0 aliphatic rings. The summed E-state index contributed by atoms with van der Waals surface area (Å²) < 4.78 is 0. The minimum Gasteiger partial charge on any atom is -0.478 e. The number of carboxylic acids is 1. The van der Waals surface area contributed by atoms with Crippen LogP contribution in [0.5, 0.6) is 0 Å². The van der Waals surface area contributed by atoms with E-state index in [-0.39, 0.29) is 22.5 Å². The van der Waals surface area contributed by atoms with Gasteiger partial charge in [-0.1, -0.05) is 6.07 Å². The fraction of sp³-hybridized carbons (Fsp3) is 0. The van der Waals surface area contributed by atoms with Crippen molar-refractivity contribution in [3.8, 4) is 6.07 Å². The third-order valence-corrected chi connectivity index (χ3v) is 3.15. The van der Waals surface area contributed by atoms with E-state index in [0.717, 1.165) is 0 Å². The fourth-order valence-corrected chi connectivity index (χ4v) is 1.94. The molecule has 0 aromatic heterocycles. The molecule has 25 heavy (non-hydrogen) atoms. The maximum atomic E-state index is 12.1. The van der Waals surface area contributed by atoms with Crippen molar-refractivity contribution in [2.24, 2.45) is 0 Å². The molecular formula is C17H11N3O5. The van der Waals surface area contributed by atoms with Gasteiger partial charge in [-0.25, -0.2) is 4.79 Å². The number of hydrogen-bond donors (Lipinski definition) is 2. The molecule has 0 radical (unpaired) electrons. The van der Waals surface area contributed by atoms with Gasteiger partial charge in [-0.05, 0) is 42.0 Å². The Morgan fingerprint density at radius 3 is 2.44 bits per heavy atom. The molecule has 0 bridgehead atoms. The molecule has 0 aliphatic carbocycles. The van der Waals surface area contributed by atoms with Crippen LogP contribution in [0.2, 0.25) is 0 Å². The number of benzene rings is 2.